The zero-order valence-electron chi connectivity index (χ0n) is 19.4. The minimum absolute atomic E-state index is 0.0112. The van der Waals surface area contributed by atoms with Crippen LogP contribution in [0.2, 0.25) is 5.02 Å². The molecule has 176 valence electrons. The fourth-order valence-corrected chi connectivity index (χ4v) is 5.15. The lowest BCUT2D eigenvalue weighted by atomic mass is 9.80. The first-order chi connectivity index (χ1) is 16.7. The minimum Gasteiger partial charge on any atom is -0.506 e. The molecule has 7 heteroatoms. The van der Waals surface area contributed by atoms with Crippen molar-refractivity contribution >= 4 is 28.2 Å². The number of anilines is 1. The maximum atomic E-state index is 14.2. The molecule has 1 saturated heterocycles. The van der Waals surface area contributed by atoms with Gasteiger partial charge >= 0.3 is 0 Å². The van der Waals surface area contributed by atoms with Crippen LogP contribution in [0.3, 0.4) is 0 Å². The summed E-state index contributed by atoms with van der Waals surface area (Å²) in [4.78, 5) is 6.98. The zero-order chi connectivity index (χ0) is 24.9. The van der Waals surface area contributed by atoms with Gasteiger partial charge in [0.05, 0.1) is 16.8 Å². The molecular formula is C28H24ClFN4O. The highest BCUT2D eigenvalue weighted by Crippen LogP contribution is 2.45. The molecule has 0 spiro atoms. The van der Waals surface area contributed by atoms with Crippen LogP contribution in [0.4, 0.5) is 10.1 Å². The van der Waals surface area contributed by atoms with Crippen molar-refractivity contribution in [2.75, 3.05) is 24.5 Å². The second kappa shape index (κ2) is 8.53. The molecule has 3 N–H and O–H groups in total. The van der Waals surface area contributed by atoms with Crippen molar-refractivity contribution in [2.45, 2.75) is 13.8 Å². The smallest absolute Gasteiger partial charge is 0.141 e. The third kappa shape index (κ3) is 4.07. The third-order valence-electron chi connectivity index (χ3n) is 6.65. The summed E-state index contributed by atoms with van der Waals surface area (Å²) >= 11 is 6.39. The Labute approximate surface area is 208 Å². The molecule has 0 atom stereocenters. The fourth-order valence-electron chi connectivity index (χ4n) is 4.86. The Hall–Kier alpha value is -3.66. The first-order valence-corrected chi connectivity index (χ1v) is 11.7. The van der Waals surface area contributed by atoms with E-state index in [-0.39, 0.29) is 22.3 Å². The molecule has 4 aromatic rings. The second-order valence-electron chi connectivity index (χ2n) is 9.60. The molecule has 1 aromatic heterocycles. The monoisotopic (exact) mass is 486 g/mol. The molecule has 0 saturated carbocycles. The highest BCUT2D eigenvalue weighted by Gasteiger charge is 2.39. The van der Waals surface area contributed by atoms with E-state index in [1.807, 2.05) is 43.5 Å². The number of phenolic OH excluding ortho intramolecular Hbond substituents is 1. The molecule has 1 aliphatic rings. The Kier molecular flexibility index (Phi) is 5.63. The Morgan fingerprint density at radius 3 is 2.60 bits per heavy atom. The van der Waals surface area contributed by atoms with Crippen LogP contribution >= 0.6 is 11.6 Å². The van der Waals surface area contributed by atoms with Crippen LogP contribution in [0.1, 0.15) is 18.1 Å². The number of aromatic nitrogens is 1. The summed E-state index contributed by atoms with van der Waals surface area (Å²) in [5.74, 6) is -0.832. The lowest BCUT2D eigenvalue weighted by Crippen LogP contribution is -2.58. The molecule has 0 radical (unpaired) electrons. The fraction of sp³-hybridized carbons (Fsp3) is 0.214. The molecule has 3 aromatic carbocycles. The number of nitrogens with two attached hydrogens (primary N) is 1. The molecule has 0 aliphatic carbocycles. The summed E-state index contributed by atoms with van der Waals surface area (Å²) in [6.07, 6.45) is 1.86. The summed E-state index contributed by atoms with van der Waals surface area (Å²) in [6, 6.07) is 15.5. The first-order valence-electron chi connectivity index (χ1n) is 11.3. The van der Waals surface area contributed by atoms with E-state index in [0.29, 0.717) is 17.1 Å². The van der Waals surface area contributed by atoms with Gasteiger partial charge in [-0.3, -0.25) is 4.98 Å². The Morgan fingerprint density at radius 1 is 1.14 bits per heavy atom. The van der Waals surface area contributed by atoms with Crippen molar-refractivity contribution in [3.8, 4) is 34.1 Å². The molecule has 0 unspecified atom stereocenters. The summed E-state index contributed by atoms with van der Waals surface area (Å²) in [7, 11) is 0. The highest BCUT2D eigenvalue weighted by atomic mass is 35.5. The zero-order valence-corrected chi connectivity index (χ0v) is 20.2. The number of rotatable bonds is 4. The maximum absolute atomic E-state index is 14.2. The third-order valence-corrected chi connectivity index (χ3v) is 6.87. The van der Waals surface area contributed by atoms with Gasteiger partial charge in [-0.25, -0.2) is 4.39 Å². The van der Waals surface area contributed by atoms with Crippen LogP contribution in [0, 0.1) is 29.5 Å². The van der Waals surface area contributed by atoms with Gasteiger partial charge in [0.2, 0.25) is 0 Å². The largest absolute Gasteiger partial charge is 0.506 e. The maximum Gasteiger partial charge on any atom is 0.141 e. The molecule has 5 rings (SSSR count). The SMILES string of the molecule is Cc1cc(Cl)cc(-c2cnc3ccc(-c4cc(F)cc(C#N)c4O)cc3c2N2CC(C)(CN)C2)c1. The Bertz CT molecular complexity index is 1500. The average Bonchev–Trinajstić information content (AvgIpc) is 2.81. The van der Waals surface area contributed by atoms with E-state index in [2.05, 4.69) is 17.9 Å². The quantitative estimate of drug-likeness (QED) is 0.367. The number of aryl methyl sites for hydroxylation is 1. The molecule has 1 aliphatic heterocycles. The topological polar surface area (TPSA) is 86.2 Å². The van der Waals surface area contributed by atoms with E-state index in [0.717, 1.165) is 52.4 Å². The molecule has 0 bridgehead atoms. The summed E-state index contributed by atoms with van der Waals surface area (Å²) in [5, 5.41) is 21.4. The van der Waals surface area contributed by atoms with E-state index in [1.165, 1.54) is 6.07 Å². The summed E-state index contributed by atoms with van der Waals surface area (Å²) in [6.45, 7) is 6.30. The molecule has 2 heterocycles. The van der Waals surface area contributed by atoms with Crippen LogP contribution in [-0.4, -0.2) is 29.7 Å². The first kappa shape index (κ1) is 23.1. The normalized spacial score (nSPS) is 14.6. The van der Waals surface area contributed by atoms with E-state index < -0.39 is 5.82 Å². The number of aromatic hydroxyl groups is 1. The molecule has 35 heavy (non-hydrogen) atoms. The van der Waals surface area contributed by atoms with Gasteiger partial charge in [-0.05, 0) is 60.0 Å². The second-order valence-corrected chi connectivity index (χ2v) is 10.0. The van der Waals surface area contributed by atoms with Crippen LogP contribution in [0.25, 0.3) is 33.2 Å². The Balaban J connectivity index is 1.76. The number of nitrogens with zero attached hydrogens (tertiary/aromatic N) is 3. The van der Waals surface area contributed by atoms with Crippen molar-refractivity contribution in [3.63, 3.8) is 0 Å². The van der Waals surface area contributed by atoms with Crippen LogP contribution < -0.4 is 10.6 Å². The van der Waals surface area contributed by atoms with Crippen molar-refractivity contribution in [2.24, 2.45) is 11.1 Å². The average molecular weight is 487 g/mol. The number of hydrogen-bond acceptors (Lipinski definition) is 5. The van der Waals surface area contributed by atoms with Gasteiger partial charge in [-0.2, -0.15) is 5.26 Å². The van der Waals surface area contributed by atoms with Gasteiger partial charge in [0.15, 0.2) is 0 Å². The number of nitriles is 1. The van der Waals surface area contributed by atoms with Crippen LogP contribution in [0.15, 0.2) is 54.7 Å². The number of pyridine rings is 1. The van der Waals surface area contributed by atoms with Crippen molar-refractivity contribution < 1.29 is 9.50 Å². The number of hydrogen-bond donors (Lipinski definition) is 2. The van der Waals surface area contributed by atoms with E-state index >= 15 is 0 Å². The number of halogens is 2. The molecule has 5 nitrogen and oxygen atoms in total. The highest BCUT2D eigenvalue weighted by molar-refractivity contribution is 6.31. The van der Waals surface area contributed by atoms with Gasteiger partial charge in [0, 0.05) is 52.8 Å². The molecule has 1 fully saturated rings. The number of fused-ring (bicyclic) bond motifs is 1. The predicted octanol–water partition coefficient (Wildman–Crippen LogP) is 6.03. The minimum atomic E-state index is -0.586. The number of benzene rings is 3. The lowest BCUT2D eigenvalue weighted by molar-refractivity contribution is 0.255. The van der Waals surface area contributed by atoms with E-state index in [4.69, 9.17) is 22.3 Å². The van der Waals surface area contributed by atoms with Crippen LogP contribution in [0.5, 0.6) is 5.75 Å². The summed E-state index contributed by atoms with van der Waals surface area (Å²) in [5.41, 5.74) is 11.5. The summed E-state index contributed by atoms with van der Waals surface area (Å²) < 4.78 is 14.2. The van der Waals surface area contributed by atoms with Gasteiger partial charge < -0.3 is 15.7 Å². The van der Waals surface area contributed by atoms with Gasteiger partial charge in [0.1, 0.15) is 17.6 Å². The predicted molar refractivity (Wildman–Crippen MR) is 138 cm³/mol. The van der Waals surface area contributed by atoms with Gasteiger partial charge in [0.25, 0.3) is 0 Å². The lowest BCUT2D eigenvalue weighted by Gasteiger charge is -2.49. The van der Waals surface area contributed by atoms with E-state index in [1.54, 1.807) is 6.07 Å². The van der Waals surface area contributed by atoms with E-state index in [9.17, 15) is 14.8 Å². The van der Waals surface area contributed by atoms with Crippen molar-refractivity contribution in [1.29, 1.82) is 5.26 Å². The Morgan fingerprint density at radius 2 is 1.91 bits per heavy atom. The van der Waals surface area contributed by atoms with Gasteiger partial charge in [-0.15, -0.1) is 0 Å². The van der Waals surface area contributed by atoms with Crippen molar-refractivity contribution in [1.82, 2.24) is 4.98 Å². The van der Waals surface area contributed by atoms with Crippen molar-refractivity contribution in [3.05, 3.63) is 76.7 Å². The van der Waals surface area contributed by atoms with Crippen LogP contribution in [-0.2, 0) is 0 Å². The standard InChI is InChI=1S/C28H24ClFN4O/c1-16-5-18(7-20(29)6-16)24-12-33-25-4-3-17(22-10-21(30)8-19(11-31)27(22)35)9-23(25)26(24)34-14-28(2,13-32)15-34/h3-10,12,35H,13-15,32H2,1-2H3. The molecular weight excluding hydrogens is 463 g/mol. The van der Waals surface area contributed by atoms with Gasteiger partial charge in [-0.1, -0.05) is 30.7 Å². The molecule has 0 amide bonds. The number of phenols is 1.